The lowest BCUT2D eigenvalue weighted by atomic mass is 9.87. The van der Waals surface area contributed by atoms with Gasteiger partial charge < -0.3 is 4.90 Å². The first-order valence-electron chi connectivity index (χ1n) is 7.61. The van der Waals surface area contributed by atoms with Gasteiger partial charge in [0.15, 0.2) is 0 Å². The molecule has 22 heavy (non-hydrogen) atoms. The molecule has 0 unspecified atom stereocenters. The number of piperidine rings is 1. The molecule has 1 N–H and O–H groups in total. The summed E-state index contributed by atoms with van der Waals surface area (Å²) in [7, 11) is -3.25. The van der Waals surface area contributed by atoms with Crippen molar-refractivity contribution in [1.82, 2.24) is 19.4 Å². The Hall–Kier alpha value is -1.41. The highest BCUT2D eigenvalue weighted by Crippen LogP contribution is 2.39. The Bertz CT molecular complexity index is 684. The lowest BCUT2D eigenvalue weighted by Gasteiger charge is -2.44. The largest absolute Gasteiger partial charge is 0.335 e. The summed E-state index contributed by atoms with van der Waals surface area (Å²) in [4.78, 5) is 14.3. The lowest BCUT2D eigenvalue weighted by molar-refractivity contribution is 0.0519. The monoisotopic (exact) mass is 326 g/mol. The number of aryl methyl sites for hydroxylation is 1. The van der Waals surface area contributed by atoms with Crippen LogP contribution in [0, 0.1) is 6.92 Å². The van der Waals surface area contributed by atoms with Gasteiger partial charge in [-0.2, -0.15) is 9.40 Å². The first-order chi connectivity index (χ1) is 10.3. The van der Waals surface area contributed by atoms with Crippen LogP contribution in [-0.4, -0.2) is 65.2 Å². The Labute approximate surface area is 130 Å². The van der Waals surface area contributed by atoms with Crippen molar-refractivity contribution in [2.75, 3.05) is 25.9 Å². The predicted octanol–water partition coefficient (Wildman–Crippen LogP) is 0.748. The van der Waals surface area contributed by atoms with Crippen LogP contribution in [0.15, 0.2) is 6.07 Å². The summed E-state index contributed by atoms with van der Waals surface area (Å²) in [6.45, 7) is 3.53. The molecule has 0 aromatic carbocycles. The van der Waals surface area contributed by atoms with Crippen molar-refractivity contribution in [1.29, 1.82) is 0 Å². The predicted molar refractivity (Wildman–Crippen MR) is 82.0 cm³/mol. The van der Waals surface area contributed by atoms with Crippen LogP contribution in [0.2, 0.25) is 0 Å². The fourth-order valence-electron chi connectivity index (χ4n) is 3.81. The first kappa shape index (κ1) is 15.5. The molecule has 1 aromatic rings. The molecular weight excluding hydrogens is 304 g/mol. The maximum atomic E-state index is 12.6. The number of hydrogen-bond donors (Lipinski definition) is 1. The topological polar surface area (TPSA) is 86.4 Å². The zero-order valence-electron chi connectivity index (χ0n) is 13.0. The van der Waals surface area contributed by atoms with Crippen LogP contribution in [0.5, 0.6) is 0 Å². The molecule has 2 aliphatic rings. The summed E-state index contributed by atoms with van der Waals surface area (Å²) in [5, 5.41) is 6.80. The van der Waals surface area contributed by atoms with Gasteiger partial charge >= 0.3 is 0 Å². The Kier molecular flexibility index (Phi) is 3.76. The molecule has 3 rings (SSSR count). The van der Waals surface area contributed by atoms with Crippen molar-refractivity contribution in [2.24, 2.45) is 0 Å². The molecule has 0 saturated carbocycles. The van der Waals surface area contributed by atoms with Crippen LogP contribution >= 0.6 is 0 Å². The van der Waals surface area contributed by atoms with Crippen LogP contribution < -0.4 is 0 Å². The van der Waals surface area contributed by atoms with E-state index in [1.807, 2.05) is 6.92 Å². The van der Waals surface area contributed by atoms with E-state index >= 15 is 0 Å². The number of nitrogens with zero attached hydrogens (tertiary/aromatic N) is 3. The van der Waals surface area contributed by atoms with Crippen molar-refractivity contribution in [3.8, 4) is 0 Å². The number of likely N-dealkylation sites (tertiary alicyclic amines) is 1. The van der Waals surface area contributed by atoms with E-state index in [4.69, 9.17) is 0 Å². The Morgan fingerprint density at radius 1 is 1.32 bits per heavy atom. The molecule has 2 saturated heterocycles. The highest BCUT2D eigenvalue weighted by Gasteiger charge is 2.48. The fraction of sp³-hybridized carbons (Fsp3) is 0.714. The summed E-state index contributed by atoms with van der Waals surface area (Å²) in [5.74, 6) is -0.122. The van der Waals surface area contributed by atoms with Gasteiger partial charge in [-0.1, -0.05) is 0 Å². The number of sulfonamides is 1. The normalized spacial score (nSPS) is 26.7. The number of carbonyl (C=O) groups excluding carboxylic acids is 1. The zero-order valence-corrected chi connectivity index (χ0v) is 13.8. The van der Waals surface area contributed by atoms with E-state index in [0.29, 0.717) is 25.3 Å². The molecule has 7 nitrogen and oxygen atoms in total. The van der Waals surface area contributed by atoms with Gasteiger partial charge in [-0.3, -0.25) is 9.89 Å². The average Bonchev–Trinajstić information content (AvgIpc) is 3.04. The highest BCUT2D eigenvalue weighted by atomic mass is 32.2. The third kappa shape index (κ3) is 2.65. The number of amides is 1. The standard InChI is InChI=1S/C14H22N4O3S/c1-11-9-12(16-15-11)13(19)17-7-3-5-14(10-17)6-4-8-18(14)22(2,20)21/h9H,3-8,10H2,1-2H3,(H,15,16)/t14-/m1/s1. The van der Waals surface area contributed by atoms with Crippen molar-refractivity contribution in [3.05, 3.63) is 17.5 Å². The van der Waals surface area contributed by atoms with E-state index in [0.717, 1.165) is 31.4 Å². The Balaban J connectivity index is 1.83. The highest BCUT2D eigenvalue weighted by molar-refractivity contribution is 7.88. The van der Waals surface area contributed by atoms with Gasteiger partial charge in [0.05, 0.1) is 11.8 Å². The van der Waals surface area contributed by atoms with Gasteiger partial charge in [-0.15, -0.1) is 0 Å². The van der Waals surface area contributed by atoms with Crippen molar-refractivity contribution in [3.63, 3.8) is 0 Å². The van der Waals surface area contributed by atoms with E-state index in [9.17, 15) is 13.2 Å². The molecule has 2 aliphatic heterocycles. The lowest BCUT2D eigenvalue weighted by Crippen LogP contribution is -2.58. The molecule has 2 fully saturated rings. The van der Waals surface area contributed by atoms with Crippen molar-refractivity contribution < 1.29 is 13.2 Å². The zero-order chi connectivity index (χ0) is 16.0. The van der Waals surface area contributed by atoms with E-state index in [2.05, 4.69) is 10.2 Å². The molecule has 1 amide bonds. The summed E-state index contributed by atoms with van der Waals surface area (Å²) in [6, 6.07) is 1.73. The molecule has 122 valence electrons. The minimum absolute atomic E-state index is 0.122. The van der Waals surface area contributed by atoms with E-state index in [1.54, 1.807) is 15.3 Å². The number of rotatable bonds is 2. The molecule has 1 atom stereocenters. The third-order valence-electron chi connectivity index (χ3n) is 4.70. The van der Waals surface area contributed by atoms with Gasteiger partial charge in [-0.25, -0.2) is 8.42 Å². The second kappa shape index (κ2) is 5.34. The van der Waals surface area contributed by atoms with Crippen molar-refractivity contribution in [2.45, 2.75) is 38.1 Å². The number of hydrogen-bond acceptors (Lipinski definition) is 4. The van der Waals surface area contributed by atoms with Crippen molar-refractivity contribution >= 4 is 15.9 Å². The molecule has 0 bridgehead atoms. The quantitative estimate of drug-likeness (QED) is 0.869. The van der Waals surface area contributed by atoms with E-state index < -0.39 is 15.6 Å². The van der Waals surface area contributed by atoms with Gasteiger partial charge in [0.1, 0.15) is 5.69 Å². The number of carbonyl (C=O) groups is 1. The van der Waals surface area contributed by atoms with E-state index in [1.165, 1.54) is 6.26 Å². The molecule has 8 heteroatoms. The van der Waals surface area contributed by atoms with E-state index in [-0.39, 0.29) is 5.91 Å². The SMILES string of the molecule is Cc1cc(C(=O)N2CCC[C@@]3(CCCN3S(C)(=O)=O)C2)n[nH]1. The minimum atomic E-state index is -3.25. The number of H-pyrrole nitrogens is 1. The van der Waals surface area contributed by atoms with Crippen LogP contribution in [-0.2, 0) is 10.0 Å². The number of aromatic amines is 1. The second-order valence-electron chi connectivity index (χ2n) is 6.43. The van der Waals surface area contributed by atoms with Gasteiger partial charge in [0.2, 0.25) is 10.0 Å². The molecule has 0 aliphatic carbocycles. The Morgan fingerprint density at radius 2 is 2.00 bits per heavy atom. The summed E-state index contributed by atoms with van der Waals surface area (Å²) >= 11 is 0. The molecule has 0 radical (unpaired) electrons. The molecular formula is C14H22N4O3S. The Morgan fingerprint density at radius 3 is 2.59 bits per heavy atom. The van der Waals surface area contributed by atoms with Gasteiger partial charge in [-0.05, 0) is 38.7 Å². The first-order valence-corrected chi connectivity index (χ1v) is 9.46. The van der Waals surface area contributed by atoms with Crippen LogP contribution in [0.1, 0.15) is 41.9 Å². The maximum absolute atomic E-state index is 12.6. The second-order valence-corrected chi connectivity index (χ2v) is 8.34. The average molecular weight is 326 g/mol. The molecule has 1 aromatic heterocycles. The summed E-state index contributed by atoms with van der Waals surface area (Å²) in [6.07, 6.45) is 4.59. The third-order valence-corrected chi connectivity index (χ3v) is 6.07. The molecule has 3 heterocycles. The molecule has 1 spiro atoms. The summed E-state index contributed by atoms with van der Waals surface area (Å²) < 4.78 is 25.7. The summed E-state index contributed by atoms with van der Waals surface area (Å²) in [5.41, 5.74) is 0.819. The number of aromatic nitrogens is 2. The van der Waals surface area contributed by atoms with Crippen LogP contribution in [0.4, 0.5) is 0 Å². The van der Waals surface area contributed by atoms with Crippen LogP contribution in [0.3, 0.4) is 0 Å². The van der Waals surface area contributed by atoms with Gasteiger partial charge in [0, 0.05) is 25.3 Å². The maximum Gasteiger partial charge on any atom is 0.274 e. The minimum Gasteiger partial charge on any atom is -0.335 e. The number of nitrogens with one attached hydrogen (secondary N) is 1. The fourth-order valence-corrected chi connectivity index (χ4v) is 5.22. The van der Waals surface area contributed by atoms with Gasteiger partial charge in [0.25, 0.3) is 5.91 Å². The van der Waals surface area contributed by atoms with Crippen LogP contribution in [0.25, 0.3) is 0 Å². The smallest absolute Gasteiger partial charge is 0.274 e.